The van der Waals surface area contributed by atoms with E-state index in [4.69, 9.17) is 9.15 Å². The van der Waals surface area contributed by atoms with E-state index in [1.54, 1.807) is 0 Å². The number of hydrogen-bond donors (Lipinski definition) is 1. The molecular weight excluding hydrogens is 404 g/mol. The number of carbonyl (C=O) groups is 2. The third-order valence-electron chi connectivity index (χ3n) is 7.44. The van der Waals surface area contributed by atoms with Crippen LogP contribution < -0.4 is 10.1 Å². The van der Waals surface area contributed by atoms with Gasteiger partial charge >= 0.3 is 0 Å². The molecule has 170 valence electrons. The van der Waals surface area contributed by atoms with Crippen molar-refractivity contribution in [2.75, 3.05) is 13.1 Å². The molecule has 1 atom stereocenters. The van der Waals surface area contributed by atoms with Crippen LogP contribution in [0.1, 0.15) is 78.3 Å². The third kappa shape index (κ3) is 4.03. The Morgan fingerprint density at radius 1 is 1.16 bits per heavy atom. The van der Waals surface area contributed by atoms with E-state index in [0.29, 0.717) is 36.9 Å². The molecule has 1 saturated heterocycles. The number of rotatable bonds is 4. The monoisotopic (exact) mass is 436 g/mol. The molecule has 2 aromatic rings. The molecule has 2 amide bonds. The second-order valence-corrected chi connectivity index (χ2v) is 9.74. The van der Waals surface area contributed by atoms with Crippen LogP contribution in [0.15, 0.2) is 34.7 Å². The smallest absolute Gasteiger partial charge is 0.257 e. The summed E-state index contributed by atoms with van der Waals surface area (Å²) < 4.78 is 12.1. The van der Waals surface area contributed by atoms with Gasteiger partial charge in [0.15, 0.2) is 0 Å². The maximum atomic E-state index is 13.0. The quantitative estimate of drug-likeness (QED) is 0.766. The molecule has 6 nitrogen and oxygen atoms in total. The first kappa shape index (κ1) is 21.1. The Bertz CT molecular complexity index is 1010. The molecular formula is C26H32N2O4. The zero-order chi connectivity index (χ0) is 22.3. The minimum absolute atomic E-state index is 0.0295. The van der Waals surface area contributed by atoms with Gasteiger partial charge in [0, 0.05) is 44.3 Å². The Kier molecular flexibility index (Phi) is 5.48. The number of hydrogen-bond acceptors (Lipinski definition) is 4. The highest BCUT2D eigenvalue weighted by Crippen LogP contribution is 2.46. The van der Waals surface area contributed by atoms with Crippen LogP contribution in [0.4, 0.5) is 0 Å². The summed E-state index contributed by atoms with van der Waals surface area (Å²) in [7, 11) is 0. The van der Waals surface area contributed by atoms with E-state index in [0.717, 1.165) is 49.2 Å². The number of aryl methyl sites for hydroxylation is 2. The van der Waals surface area contributed by atoms with Crippen molar-refractivity contribution in [3.63, 3.8) is 0 Å². The molecule has 2 fully saturated rings. The Balaban J connectivity index is 1.29. The first-order valence-corrected chi connectivity index (χ1v) is 11.9. The number of nitrogens with zero attached hydrogens (tertiary/aromatic N) is 1. The van der Waals surface area contributed by atoms with Crippen LogP contribution in [0.25, 0.3) is 0 Å². The molecule has 1 aliphatic carbocycles. The highest BCUT2D eigenvalue weighted by atomic mass is 16.5. The van der Waals surface area contributed by atoms with E-state index in [1.165, 1.54) is 6.42 Å². The van der Waals surface area contributed by atoms with Crippen molar-refractivity contribution in [2.24, 2.45) is 0 Å². The van der Waals surface area contributed by atoms with E-state index >= 15 is 0 Å². The third-order valence-corrected chi connectivity index (χ3v) is 7.44. The Morgan fingerprint density at radius 2 is 1.91 bits per heavy atom. The average molecular weight is 437 g/mol. The summed E-state index contributed by atoms with van der Waals surface area (Å²) in [4.78, 5) is 27.6. The summed E-state index contributed by atoms with van der Waals surface area (Å²) in [5.74, 6) is 2.64. The second-order valence-electron chi connectivity index (χ2n) is 9.74. The van der Waals surface area contributed by atoms with Gasteiger partial charge in [0.2, 0.25) is 5.91 Å². The number of para-hydroxylation sites is 1. The van der Waals surface area contributed by atoms with Crippen LogP contribution in [0, 0.1) is 13.8 Å². The molecule has 6 heteroatoms. The maximum absolute atomic E-state index is 13.0. The van der Waals surface area contributed by atoms with Gasteiger partial charge in [0.1, 0.15) is 22.9 Å². The number of amides is 2. The number of piperidine rings is 1. The normalized spacial score (nSPS) is 22.1. The molecule has 32 heavy (non-hydrogen) atoms. The number of carbonyl (C=O) groups excluding carboxylic acids is 2. The predicted molar refractivity (Wildman–Crippen MR) is 121 cm³/mol. The number of ether oxygens (including phenoxy) is 1. The number of fused-ring (bicyclic) bond motifs is 1. The zero-order valence-electron chi connectivity index (χ0n) is 19.0. The SMILES string of the molecule is Cc1cc(C(=O)N2CCC3(CC2)CC(CC(=O)NC2CCC2)c2ccccc2O3)c(C)o1. The van der Waals surface area contributed by atoms with E-state index in [-0.39, 0.29) is 23.3 Å². The van der Waals surface area contributed by atoms with Crippen molar-refractivity contribution in [1.29, 1.82) is 0 Å². The summed E-state index contributed by atoms with van der Waals surface area (Å²) >= 11 is 0. The summed E-state index contributed by atoms with van der Waals surface area (Å²) in [6, 6.07) is 10.3. The van der Waals surface area contributed by atoms with Gasteiger partial charge in [-0.05, 0) is 57.2 Å². The molecule has 1 unspecified atom stereocenters. The van der Waals surface area contributed by atoms with Gasteiger partial charge in [-0.3, -0.25) is 9.59 Å². The first-order valence-electron chi connectivity index (χ1n) is 11.9. The molecule has 1 spiro atoms. The zero-order valence-corrected chi connectivity index (χ0v) is 19.0. The van der Waals surface area contributed by atoms with Crippen molar-refractivity contribution in [1.82, 2.24) is 10.2 Å². The molecule has 1 aromatic carbocycles. The van der Waals surface area contributed by atoms with Gasteiger partial charge in [-0.1, -0.05) is 18.2 Å². The van der Waals surface area contributed by atoms with Gasteiger partial charge in [0.25, 0.3) is 5.91 Å². The Morgan fingerprint density at radius 3 is 2.56 bits per heavy atom. The summed E-state index contributed by atoms with van der Waals surface area (Å²) in [6.45, 7) is 4.99. The Hall–Kier alpha value is -2.76. The molecule has 5 rings (SSSR count). The first-order chi connectivity index (χ1) is 15.4. The number of benzene rings is 1. The average Bonchev–Trinajstić information content (AvgIpc) is 3.09. The molecule has 1 saturated carbocycles. The summed E-state index contributed by atoms with van der Waals surface area (Å²) in [5, 5.41) is 3.19. The van der Waals surface area contributed by atoms with Crippen LogP contribution in [-0.2, 0) is 4.79 Å². The van der Waals surface area contributed by atoms with Crippen LogP contribution in [0.3, 0.4) is 0 Å². The fraction of sp³-hybridized carbons (Fsp3) is 0.538. The lowest BCUT2D eigenvalue weighted by Gasteiger charge is -2.47. The van der Waals surface area contributed by atoms with E-state index in [1.807, 2.05) is 43.0 Å². The van der Waals surface area contributed by atoms with E-state index in [9.17, 15) is 9.59 Å². The summed E-state index contributed by atoms with van der Waals surface area (Å²) in [6.07, 6.45) is 6.25. The maximum Gasteiger partial charge on any atom is 0.257 e. The van der Waals surface area contributed by atoms with Crippen LogP contribution in [-0.4, -0.2) is 41.4 Å². The lowest BCUT2D eigenvalue weighted by atomic mass is 9.76. The minimum atomic E-state index is -0.325. The number of likely N-dealkylation sites (tertiary alicyclic amines) is 1. The fourth-order valence-electron chi connectivity index (χ4n) is 5.43. The van der Waals surface area contributed by atoms with Crippen LogP contribution >= 0.6 is 0 Å². The highest BCUT2D eigenvalue weighted by molar-refractivity contribution is 5.95. The lowest BCUT2D eigenvalue weighted by molar-refractivity contribution is -0.123. The van der Waals surface area contributed by atoms with Crippen molar-refractivity contribution in [3.8, 4) is 5.75 Å². The van der Waals surface area contributed by atoms with Crippen molar-refractivity contribution in [3.05, 3.63) is 53.0 Å². The van der Waals surface area contributed by atoms with Gasteiger partial charge in [0.05, 0.1) is 5.56 Å². The topological polar surface area (TPSA) is 71.8 Å². The fourth-order valence-corrected chi connectivity index (χ4v) is 5.43. The van der Waals surface area contributed by atoms with Gasteiger partial charge in [-0.2, -0.15) is 0 Å². The molecule has 1 N–H and O–H groups in total. The van der Waals surface area contributed by atoms with Gasteiger partial charge < -0.3 is 19.4 Å². The van der Waals surface area contributed by atoms with Gasteiger partial charge in [-0.25, -0.2) is 0 Å². The molecule has 3 heterocycles. The van der Waals surface area contributed by atoms with Crippen molar-refractivity contribution in [2.45, 2.75) is 76.4 Å². The molecule has 0 bridgehead atoms. The van der Waals surface area contributed by atoms with E-state index in [2.05, 4.69) is 11.4 Å². The van der Waals surface area contributed by atoms with Crippen molar-refractivity contribution < 1.29 is 18.7 Å². The van der Waals surface area contributed by atoms with Crippen LogP contribution in [0.5, 0.6) is 5.75 Å². The molecule has 2 aliphatic heterocycles. The standard InChI is InChI=1S/C26H32N2O4/c1-17-14-22(18(2)31-17)25(30)28-12-10-26(11-13-28)16-19(15-24(29)27-20-6-5-7-20)21-8-3-4-9-23(21)32-26/h3-4,8-9,14,19-20H,5-7,10-13,15-16H2,1-2H3,(H,27,29). The second kappa shape index (κ2) is 8.30. The lowest BCUT2D eigenvalue weighted by Crippen LogP contribution is -2.52. The largest absolute Gasteiger partial charge is 0.487 e. The highest BCUT2D eigenvalue weighted by Gasteiger charge is 2.44. The predicted octanol–water partition coefficient (Wildman–Crippen LogP) is 4.50. The minimum Gasteiger partial charge on any atom is -0.487 e. The number of nitrogens with one attached hydrogen (secondary N) is 1. The molecule has 3 aliphatic rings. The summed E-state index contributed by atoms with van der Waals surface area (Å²) in [5.41, 5.74) is 1.46. The Labute approximate surface area is 189 Å². The number of furan rings is 1. The molecule has 1 aromatic heterocycles. The van der Waals surface area contributed by atoms with Crippen LogP contribution in [0.2, 0.25) is 0 Å². The van der Waals surface area contributed by atoms with E-state index < -0.39 is 0 Å². The molecule has 0 radical (unpaired) electrons. The van der Waals surface area contributed by atoms with Crippen molar-refractivity contribution >= 4 is 11.8 Å². The van der Waals surface area contributed by atoms with Gasteiger partial charge in [-0.15, -0.1) is 0 Å².